The van der Waals surface area contributed by atoms with Gasteiger partial charge < -0.3 is 14.8 Å². The molecule has 0 spiro atoms. The number of carbonyl (C=O) groups excluding carboxylic acids is 2. The predicted molar refractivity (Wildman–Crippen MR) is 88.8 cm³/mol. The van der Waals surface area contributed by atoms with E-state index in [9.17, 15) is 9.59 Å². The molecule has 1 saturated heterocycles. The summed E-state index contributed by atoms with van der Waals surface area (Å²) < 4.78 is 0. The molecule has 2 heterocycles. The fourth-order valence-corrected chi connectivity index (χ4v) is 3.75. The van der Waals surface area contributed by atoms with Crippen LogP contribution in [0, 0.1) is 5.92 Å². The molecule has 5 heteroatoms. The van der Waals surface area contributed by atoms with E-state index < -0.39 is 0 Å². The molecule has 5 nitrogen and oxygen atoms in total. The second-order valence-corrected chi connectivity index (χ2v) is 6.77. The molecule has 1 aromatic rings. The number of nitrogens with one attached hydrogen (secondary N) is 1. The number of nitrogens with zero attached hydrogens (tertiary/aromatic N) is 2. The second-order valence-electron chi connectivity index (χ2n) is 6.77. The van der Waals surface area contributed by atoms with E-state index in [1.165, 1.54) is 19.3 Å². The SMILES string of the molecule is O=C(Cc1ccc[nH]1)N1CCCN(C(=O)C2CCCCC2)CC1. The summed E-state index contributed by atoms with van der Waals surface area (Å²) in [6.07, 6.45) is 8.88. The van der Waals surface area contributed by atoms with Crippen LogP contribution < -0.4 is 0 Å². The first-order valence-corrected chi connectivity index (χ1v) is 8.93. The number of rotatable bonds is 3. The van der Waals surface area contributed by atoms with Crippen molar-refractivity contribution in [2.24, 2.45) is 5.92 Å². The fourth-order valence-electron chi connectivity index (χ4n) is 3.75. The number of carbonyl (C=O) groups is 2. The highest BCUT2D eigenvalue weighted by Gasteiger charge is 2.28. The molecule has 2 aliphatic rings. The van der Waals surface area contributed by atoms with Crippen LogP contribution in [-0.4, -0.2) is 52.8 Å². The van der Waals surface area contributed by atoms with Gasteiger partial charge in [0.1, 0.15) is 0 Å². The molecule has 0 atom stereocenters. The van der Waals surface area contributed by atoms with Crippen LogP contribution in [0.25, 0.3) is 0 Å². The van der Waals surface area contributed by atoms with Crippen LogP contribution in [0.2, 0.25) is 0 Å². The zero-order chi connectivity index (χ0) is 16.1. The zero-order valence-electron chi connectivity index (χ0n) is 13.8. The monoisotopic (exact) mass is 317 g/mol. The van der Waals surface area contributed by atoms with Crippen molar-refractivity contribution in [1.82, 2.24) is 14.8 Å². The van der Waals surface area contributed by atoms with Crippen molar-refractivity contribution in [3.8, 4) is 0 Å². The Morgan fingerprint density at radius 2 is 1.74 bits per heavy atom. The predicted octanol–water partition coefficient (Wildman–Crippen LogP) is 2.20. The van der Waals surface area contributed by atoms with Gasteiger partial charge in [0.05, 0.1) is 6.42 Å². The molecule has 0 radical (unpaired) electrons. The number of hydrogen-bond donors (Lipinski definition) is 1. The van der Waals surface area contributed by atoms with Crippen molar-refractivity contribution >= 4 is 11.8 Å². The van der Waals surface area contributed by atoms with E-state index in [0.717, 1.165) is 38.0 Å². The number of aromatic amines is 1. The van der Waals surface area contributed by atoms with Crippen LogP contribution in [0.1, 0.15) is 44.2 Å². The van der Waals surface area contributed by atoms with E-state index in [0.29, 0.717) is 25.4 Å². The molecule has 23 heavy (non-hydrogen) atoms. The maximum Gasteiger partial charge on any atom is 0.228 e. The molecule has 0 aromatic carbocycles. The van der Waals surface area contributed by atoms with E-state index in [1.807, 2.05) is 28.1 Å². The van der Waals surface area contributed by atoms with E-state index >= 15 is 0 Å². The van der Waals surface area contributed by atoms with Crippen LogP contribution >= 0.6 is 0 Å². The van der Waals surface area contributed by atoms with Crippen molar-refractivity contribution in [1.29, 1.82) is 0 Å². The highest BCUT2D eigenvalue weighted by atomic mass is 16.2. The van der Waals surface area contributed by atoms with Gasteiger partial charge in [-0.2, -0.15) is 0 Å². The Hall–Kier alpha value is -1.78. The minimum absolute atomic E-state index is 0.152. The molecule has 0 bridgehead atoms. The van der Waals surface area contributed by atoms with Crippen molar-refractivity contribution in [3.05, 3.63) is 24.0 Å². The fraction of sp³-hybridized carbons (Fsp3) is 0.667. The first-order valence-electron chi connectivity index (χ1n) is 8.93. The van der Waals surface area contributed by atoms with Gasteiger partial charge >= 0.3 is 0 Å². The number of hydrogen-bond acceptors (Lipinski definition) is 2. The molecule has 1 N–H and O–H groups in total. The lowest BCUT2D eigenvalue weighted by Gasteiger charge is -2.28. The summed E-state index contributed by atoms with van der Waals surface area (Å²) in [4.78, 5) is 32.0. The van der Waals surface area contributed by atoms with E-state index in [4.69, 9.17) is 0 Å². The maximum atomic E-state index is 12.7. The van der Waals surface area contributed by atoms with Crippen molar-refractivity contribution in [2.45, 2.75) is 44.9 Å². The number of H-pyrrole nitrogens is 1. The topological polar surface area (TPSA) is 56.4 Å². The van der Waals surface area contributed by atoms with Crippen LogP contribution in [-0.2, 0) is 16.0 Å². The summed E-state index contributed by atoms with van der Waals surface area (Å²) >= 11 is 0. The lowest BCUT2D eigenvalue weighted by molar-refractivity contribution is -0.137. The third kappa shape index (κ3) is 4.15. The summed E-state index contributed by atoms with van der Waals surface area (Å²) in [5.74, 6) is 0.702. The normalized spacial score (nSPS) is 20.3. The molecule has 3 rings (SSSR count). The summed E-state index contributed by atoms with van der Waals surface area (Å²) in [5.41, 5.74) is 0.953. The average Bonchev–Trinajstić information content (AvgIpc) is 2.96. The third-order valence-electron chi connectivity index (χ3n) is 5.12. The van der Waals surface area contributed by atoms with Crippen molar-refractivity contribution < 1.29 is 9.59 Å². The minimum Gasteiger partial charge on any atom is -0.365 e. The zero-order valence-corrected chi connectivity index (χ0v) is 13.8. The van der Waals surface area contributed by atoms with Crippen LogP contribution in [0.4, 0.5) is 0 Å². The van der Waals surface area contributed by atoms with Gasteiger partial charge in [0.15, 0.2) is 0 Å². The van der Waals surface area contributed by atoms with E-state index in [-0.39, 0.29) is 11.8 Å². The van der Waals surface area contributed by atoms with E-state index in [1.54, 1.807) is 0 Å². The smallest absolute Gasteiger partial charge is 0.228 e. The van der Waals surface area contributed by atoms with E-state index in [2.05, 4.69) is 4.98 Å². The van der Waals surface area contributed by atoms with Gasteiger partial charge in [-0.1, -0.05) is 19.3 Å². The molecular formula is C18H27N3O2. The summed E-state index contributed by atoms with van der Waals surface area (Å²) in [6, 6.07) is 3.85. The Morgan fingerprint density at radius 3 is 2.48 bits per heavy atom. The van der Waals surface area contributed by atoms with Crippen molar-refractivity contribution in [3.63, 3.8) is 0 Å². The Labute approximate surface area is 138 Å². The average molecular weight is 317 g/mol. The van der Waals surface area contributed by atoms with Gasteiger partial charge in [-0.25, -0.2) is 0 Å². The Balaban J connectivity index is 1.52. The van der Waals surface area contributed by atoms with Gasteiger partial charge in [-0.3, -0.25) is 9.59 Å². The molecule has 0 unspecified atom stereocenters. The number of amides is 2. The molecule has 1 aliphatic heterocycles. The summed E-state index contributed by atoms with van der Waals surface area (Å²) in [5, 5.41) is 0. The molecule has 126 valence electrons. The van der Waals surface area contributed by atoms with Crippen LogP contribution in [0.15, 0.2) is 18.3 Å². The quantitative estimate of drug-likeness (QED) is 0.929. The molecular weight excluding hydrogens is 290 g/mol. The largest absolute Gasteiger partial charge is 0.365 e. The summed E-state index contributed by atoms with van der Waals surface area (Å²) in [7, 11) is 0. The first kappa shape index (κ1) is 16.1. The highest BCUT2D eigenvalue weighted by molar-refractivity contribution is 5.80. The van der Waals surface area contributed by atoms with Gasteiger partial charge in [0.25, 0.3) is 0 Å². The Bertz CT molecular complexity index is 520. The van der Waals surface area contributed by atoms with Crippen LogP contribution in [0.5, 0.6) is 0 Å². The lowest BCUT2D eigenvalue weighted by Crippen LogP contribution is -2.40. The standard InChI is InChI=1S/C18H27N3O2/c22-17(14-16-8-4-9-19-16)20-10-5-11-21(13-12-20)18(23)15-6-2-1-3-7-15/h4,8-9,15,19H,1-3,5-7,10-14H2. The third-order valence-corrected chi connectivity index (χ3v) is 5.12. The summed E-state index contributed by atoms with van der Waals surface area (Å²) in [6.45, 7) is 2.90. The van der Waals surface area contributed by atoms with Gasteiger partial charge in [0, 0.05) is 44.0 Å². The van der Waals surface area contributed by atoms with Gasteiger partial charge in [-0.05, 0) is 31.4 Å². The Morgan fingerprint density at radius 1 is 1.00 bits per heavy atom. The molecule has 1 saturated carbocycles. The number of aromatic nitrogens is 1. The molecule has 2 fully saturated rings. The lowest BCUT2D eigenvalue weighted by atomic mass is 9.88. The van der Waals surface area contributed by atoms with Crippen LogP contribution in [0.3, 0.4) is 0 Å². The first-order chi connectivity index (χ1) is 11.2. The second kappa shape index (κ2) is 7.66. The maximum absolute atomic E-state index is 12.7. The Kier molecular flexibility index (Phi) is 5.36. The minimum atomic E-state index is 0.152. The van der Waals surface area contributed by atoms with Gasteiger partial charge in [0.2, 0.25) is 11.8 Å². The molecule has 1 aromatic heterocycles. The highest BCUT2D eigenvalue weighted by Crippen LogP contribution is 2.25. The molecule has 2 amide bonds. The van der Waals surface area contributed by atoms with Gasteiger partial charge in [-0.15, -0.1) is 0 Å². The van der Waals surface area contributed by atoms with Crippen molar-refractivity contribution in [2.75, 3.05) is 26.2 Å². The molecule has 1 aliphatic carbocycles.